The first-order chi connectivity index (χ1) is 5.61. The van der Waals surface area contributed by atoms with Gasteiger partial charge in [0.05, 0.1) is 4.92 Å². The zero-order valence-electron chi connectivity index (χ0n) is 6.35. The van der Waals surface area contributed by atoms with Crippen LogP contribution in [0.3, 0.4) is 0 Å². The van der Waals surface area contributed by atoms with Crippen LogP contribution in [-0.2, 0) is 0 Å². The van der Waals surface area contributed by atoms with Crippen molar-refractivity contribution in [2.75, 3.05) is 0 Å². The number of hydrogen-bond donors (Lipinski definition) is 0. The van der Waals surface area contributed by atoms with Crippen molar-refractivity contribution in [3.63, 3.8) is 0 Å². The molecule has 0 atom stereocenters. The van der Waals surface area contributed by atoms with Gasteiger partial charge in [0.25, 0.3) is 5.69 Å². The van der Waals surface area contributed by atoms with Crippen LogP contribution in [0, 0.1) is 10.1 Å². The summed E-state index contributed by atoms with van der Waals surface area (Å²) in [5.41, 5.74) is 0.126. The molecule has 0 radical (unpaired) electrons. The zero-order chi connectivity index (χ0) is 9.14. The summed E-state index contributed by atoms with van der Waals surface area (Å²) in [6.07, 6.45) is 1.07. The maximum atomic E-state index is 10.7. The van der Waals surface area contributed by atoms with Gasteiger partial charge >= 0.3 is 0 Å². The highest BCUT2D eigenvalue weighted by Gasteiger charge is 2.06. The number of nitro groups is 1. The molecule has 12 heavy (non-hydrogen) atoms. The smallest absolute Gasteiger partial charge is 0.287 e. The molecule has 0 saturated carbocycles. The Labute approximate surface area is 68.2 Å². The van der Waals surface area contributed by atoms with Crippen LogP contribution in [0.25, 0.3) is 0 Å². The Morgan fingerprint density at radius 2 is 2.25 bits per heavy atom. The molecule has 5 heteroatoms. The maximum absolute atomic E-state index is 10.7. The Morgan fingerprint density at radius 3 is 2.58 bits per heavy atom. The third-order valence-corrected chi connectivity index (χ3v) is 1.32. The maximum Gasteiger partial charge on any atom is 0.287 e. The Balaban J connectivity index is 3.01. The molecule has 0 aliphatic heterocycles. The van der Waals surface area contributed by atoms with E-state index in [4.69, 9.17) is 0 Å². The van der Waals surface area contributed by atoms with E-state index in [-0.39, 0.29) is 17.2 Å². The number of pyridine rings is 1. The highest BCUT2D eigenvalue weighted by atomic mass is 16.6. The fourth-order valence-corrected chi connectivity index (χ4v) is 0.702. The number of nitrogens with zero attached hydrogens (tertiary/aromatic N) is 2. The van der Waals surface area contributed by atoms with Crippen molar-refractivity contribution in [1.29, 1.82) is 0 Å². The largest absolute Gasteiger partial charge is 0.293 e. The molecule has 5 nitrogen and oxygen atoms in total. The van der Waals surface area contributed by atoms with Gasteiger partial charge in [0.2, 0.25) is 0 Å². The number of rotatable bonds is 2. The highest BCUT2D eigenvalue weighted by molar-refractivity contribution is 5.92. The molecule has 0 N–H and O–H groups in total. The molecule has 0 fully saturated rings. The molecule has 0 bridgehead atoms. The lowest BCUT2D eigenvalue weighted by Gasteiger charge is -1.92. The van der Waals surface area contributed by atoms with E-state index >= 15 is 0 Å². The van der Waals surface area contributed by atoms with Gasteiger partial charge in [-0.25, -0.2) is 4.98 Å². The van der Waals surface area contributed by atoms with Gasteiger partial charge in [0.1, 0.15) is 11.9 Å². The molecule has 62 valence electrons. The van der Waals surface area contributed by atoms with Crippen LogP contribution in [0.15, 0.2) is 18.3 Å². The van der Waals surface area contributed by atoms with E-state index < -0.39 is 4.92 Å². The summed E-state index contributed by atoms with van der Waals surface area (Å²) in [5, 5.41) is 10.2. The first-order valence-electron chi connectivity index (χ1n) is 3.22. The minimum Gasteiger partial charge on any atom is -0.293 e. The van der Waals surface area contributed by atoms with Crippen molar-refractivity contribution >= 4 is 11.5 Å². The molecule has 1 heterocycles. The molecule has 1 aromatic rings. The molecule has 0 unspecified atom stereocenters. The molecule has 0 aliphatic rings. The Morgan fingerprint density at radius 1 is 1.58 bits per heavy atom. The van der Waals surface area contributed by atoms with Gasteiger partial charge in [-0.3, -0.25) is 14.9 Å². The van der Waals surface area contributed by atoms with Crippen molar-refractivity contribution in [3.8, 4) is 0 Å². The van der Waals surface area contributed by atoms with Gasteiger partial charge in [-0.1, -0.05) is 0 Å². The number of aromatic nitrogens is 1. The van der Waals surface area contributed by atoms with Crippen molar-refractivity contribution in [2.24, 2.45) is 0 Å². The monoisotopic (exact) mass is 166 g/mol. The molecule has 0 spiro atoms. The van der Waals surface area contributed by atoms with Crippen LogP contribution in [0.1, 0.15) is 17.4 Å². The number of ketones is 1. The van der Waals surface area contributed by atoms with E-state index in [1.807, 2.05) is 0 Å². The van der Waals surface area contributed by atoms with Crippen molar-refractivity contribution in [1.82, 2.24) is 4.98 Å². The second kappa shape index (κ2) is 3.08. The topological polar surface area (TPSA) is 73.1 Å². The number of hydrogen-bond acceptors (Lipinski definition) is 4. The third kappa shape index (κ3) is 1.63. The van der Waals surface area contributed by atoms with Crippen LogP contribution < -0.4 is 0 Å². The van der Waals surface area contributed by atoms with Crippen molar-refractivity contribution in [3.05, 3.63) is 34.1 Å². The van der Waals surface area contributed by atoms with Gasteiger partial charge in [-0.05, 0) is 6.07 Å². The van der Waals surface area contributed by atoms with E-state index in [0.29, 0.717) is 0 Å². The van der Waals surface area contributed by atoms with Crippen LogP contribution in [-0.4, -0.2) is 15.7 Å². The second-order valence-electron chi connectivity index (χ2n) is 2.21. The van der Waals surface area contributed by atoms with Gasteiger partial charge in [-0.2, -0.15) is 0 Å². The SMILES string of the molecule is CC(=O)c1ccc([N+](=O)[O-])cn1. The predicted octanol–water partition coefficient (Wildman–Crippen LogP) is 1.19. The molecule has 1 aromatic heterocycles. The third-order valence-electron chi connectivity index (χ3n) is 1.32. The Kier molecular flexibility index (Phi) is 2.14. The fraction of sp³-hybridized carbons (Fsp3) is 0.143. The summed E-state index contributed by atoms with van der Waals surface area (Å²) in [6.45, 7) is 1.36. The number of carbonyl (C=O) groups is 1. The van der Waals surface area contributed by atoms with Crippen molar-refractivity contribution < 1.29 is 9.72 Å². The summed E-state index contributed by atoms with van der Waals surface area (Å²) in [6, 6.07) is 2.59. The minimum atomic E-state index is -0.559. The summed E-state index contributed by atoms with van der Waals surface area (Å²) < 4.78 is 0. The van der Waals surface area contributed by atoms with E-state index in [1.54, 1.807) is 0 Å². The summed E-state index contributed by atoms with van der Waals surface area (Å²) >= 11 is 0. The summed E-state index contributed by atoms with van der Waals surface area (Å²) in [5.74, 6) is -0.204. The molecular weight excluding hydrogens is 160 g/mol. The number of Topliss-reactive ketones (excluding diaryl/α,β-unsaturated/α-hetero) is 1. The van der Waals surface area contributed by atoms with E-state index in [0.717, 1.165) is 6.20 Å². The quantitative estimate of drug-likeness (QED) is 0.375. The summed E-state index contributed by atoms with van der Waals surface area (Å²) in [7, 11) is 0. The Hall–Kier alpha value is -1.78. The fourth-order valence-electron chi connectivity index (χ4n) is 0.702. The van der Waals surface area contributed by atoms with E-state index in [1.165, 1.54) is 19.1 Å². The lowest BCUT2D eigenvalue weighted by atomic mass is 10.3. The lowest BCUT2D eigenvalue weighted by molar-refractivity contribution is -0.385. The summed E-state index contributed by atoms with van der Waals surface area (Å²) in [4.78, 5) is 23.9. The van der Waals surface area contributed by atoms with Gasteiger partial charge in [-0.15, -0.1) is 0 Å². The lowest BCUT2D eigenvalue weighted by Crippen LogP contribution is -1.97. The zero-order valence-corrected chi connectivity index (χ0v) is 6.35. The van der Waals surface area contributed by atoms with Crippen molar-refractivity contribution in [2.45, 2.75) is 6.92 Å². The molecule has 0 aliphatic carbocycles. The molecular formula is C7H6N2O3. The Bertz CT molecular complexity index is 285. The second-order valence-corrected chi connectivity index (χ2v) is 2.21. The van der Waals surface area contributed by atoms with Crippen LogP contribution >= 0.6 is 0 Å². The van der Waals surface area contributed by atoms with Crippen LogP contribution in [0.5, 0.6) is 0 Å². The van der Waals surface area contributed by atoms with E-state index in [2.05, 4.69) is 4.98 Å². The van der Waals surface area contributed by atoms with Crippen LogP contribution in [0.2, 0.25) is 0 Å². The van der Waals surface area contributed by atoms with Crippen LogP contribution in [0.4, 0.5) is 5.69 Å². The van der Waals surface area contributed by atoms with Gasteiger partial charge in [0.15, 0.2) is 5.78 Å². The van der Waals surface area contributed by atoms with Gasteiger partial charge < -0.3 is 0 Å². The predicted molar refractivity (Wildman–Crippen MR) is 40.9 cm³/mol. The molecule has 0 aromatic carbocycles. The first kappa shape index (κ1) is 8.32. The van der Waals surface area contributed by atoms with Gasteiger partial charge in [0, 0.05) is 13.0 Å². The average Bonchev–Trinajstić information content (AvgIpc) is 2.04. The first-order valence-corrected chi connectivity index (χ1v) is 3.22. The average molecular weight is 166 g/mol. The number of carbonyl (C=O) groups excluding carboxylic acids is 1. The molecule has 0 amide bonds. The minimum absolute atomic E-state index is 0.111. The standard InChI is InChI=1S/C7H6N2O3/c1-5(10)7-3-2-6(4-8-7)9(11)12/h2-4H,1H3. The molecule has 1 rings (SSSR count). The molecule has 0 saturated heterocycles. The highest BCUT2D eigenvalue weighted by Crippen LogP contribution is 2.08. The van der Waals surface area contributed by atoms with E-state index in [9.17, 15) is 14.9 Å². The normalized spacial score (nSPS) is 9.42.